The first-order valence-electron chi connectivity index (χ1n) is 2.83. The Kier molecular flexibility index (Phi) is 2.05. The lowest BCUT2D eigenvalue weighted by Gasteiger charge is -2.00. The molecule has 0 saturated carbocycles. The fourth-order valence-electron chi connectivity index (χ4n) is 0.424. The van der Waals surface area contributed by atoms with Crippen LogP contribution in [0.3, 0.4) is 0 Å². The Labute approximate surface area is 51.5 Å². The largest absolute Gasteiger partial charge is 0.414 e. The third-order valence-electron chi connectivity index (χ3n) is 0.960. The Morgan fingerprint density at radius 2 is 2.38 bits per heavy atom. The van der Waals surface area contributed by atoms with E-state index < -0.39 is 9.04 Å². The summed E-state index contributed by atoms with van der Waals surface area (Å²) in [6.45, 7) is 6.00. The van der Waals surface area contributed by atoms with Gasteiger partial charge < -0.3 is 9.16 Å². The Hall–Kier alpha value is 0.137. The van der Waals surface area contributed by atoms with E-state index in [1.165, 1.54) is 0 Å². The quantitative estimate of drug-likeness (QED) is 0.414. The first kappa shape index (κ1) is 6.26. The lowest BCUT2D eigenvalue weighted by Crippen LogP contribution is -2.11. The number of hydrogen-bond donors (Lipinski definition) is 0. The van der Waals surface area contributed by atoms with E-state index in [4.69, 9.17) is 9.16 Å². The standard InChI is InChI=1S/C5H11O2Si/c1-8(2)7-4-5-3-6-5/h5H,3-4H2,1-2H3. The summed E-state index contributed by atoms with van der Waals surface area (Å²) in [5.74, 6) is 0. The molecule has 1 unspecified atom stereocenters. The van der Waals surface area contributed by atoms with Gasteiger partial charge in [-0.3, -0.25) is 0 Å². The van der Waals surface area contributed by atoms with Gasteiger partial charge in [-0.05, 0) is 13.1 Å². The van der Waals surface area contributed by atoms with E-state index >= 15 is 0 Å². The van der Waals surface area contributed by atoms with E-state index in [9.17, 15) is 0 Å². The van der Waals surface area contributed by atoms with Crippen LogP contribution in [0.4, 0.5) is 0 Å². The molecule has 1 atom stereocenters. The van der Waals surface area contributed by atoms with Crippen LogP contribution in [0.5, 0.6) is 0 Å². The zero-order valence-corrected chi connectivity index (χ0v) is 6.31. The van der Waals surface area contributed by atoms with Gasteiger partial charge in [-0.25, -0.2) is 0 Å². The average Bonchev–Trinajstić information content (AvgIpc) is 2.41. The topological polar surface area (TPSA) is 21.8 Å². The molecular weight excluding hydrogens is 120 g/mol. The number of epoxide rings is 1. The van der Waals surface area contributed by atoms with Crippen molar-refractivity contribution in [2.24, 2.45) is 0 Å². The third kappa shape index (κ3) is 2.45. The molecule has 0 spiro atoms. The van der Waals surface area contributed by atoms with Crippen LogP contribution in [0.25, 0.3) is 0 Å². The van der Waals surface area contributed by atoms with Crippen molar-refractivity contribution < 1.29 is 9.16 Å². The highest BCUT2D eigenvalue weighted by molar-refractivity contribution is 6.48. The van der Waals surface area contributed by atoms with E-state index in [1.807, 2.05) is 0 Å². The van der Waals surface area contributed by atoms with Crippen molar-refractivity contribution >= 4 is 9.04 Å². The molecule has 2 nitrogen and oxygen atoms in total. The minimum atomic E-state index is -0.470. The maximum Gasteiger partial charge on any atom is 0.205 e. The van der Waals surface area contributed by atoms with Gasteiger partial charge in [0.1, 0.15) is 6.10 Å². The van der Waals surface area contributed by atoms with Gasteiger partial charge in [-0.2, -0.15) is 0 Å². The molecule has 0 aromatic rings. The molecule has 0 amide bonds. The molecule has 47 valence electrons. The van der Waals surface area contributed by atoms with Crippen molar-refractivity contribution in [2.75, 3.05) is 13.2 Å². The summed E-state index contributed by atoms with van der Waals surface area (Å²) < 4.78 is 10.3. The van der Waals surface area contributed by atoms with Crippen molar-refractivity contribution in [3.05, 3.63) is 0 Å². The smallest absolute Gasteiger partial charge is 0.205 e. The van der Waals surface area contributed by atoms with E-state index in [0.717, 1.165) is 13.2 Å². The molecule has 0 aromatic carbocycles. The van der Waals surface area contributed by atoms with Crippen molar-refractivity contribution in [1.82, 2.24) is 0 Å². The second kappa shape index (κ2) is 2.62. The SMILES string of the molecule is C[Si](C)OCC1CO1. The molecule has 1 aliphatic heterocycles. The fraction of sp³-hybridized carbons (Fsp3) is 1.00. The van der Waals surface area contributed by atoms with Gasteiger partial charge in [0.25, 0.3) is 0 Å². The van der Waals surface area contributed by atoms with E-state index in [-0.39, 0.29) is 0 Å². The van der Waals surface area contributed by atoms with Crippen LogP contribution in [-0.4, -0.2) is 28.4 Å². The summed E-state index contributed by atoms with van der Waals surface area (Å²) in [6, 6.07) is 0. The molecule has 1 heterocycles. The first-order chi connectivity index (χ1) is 3.79. The lowest BCUT2D eigenvalue weighted by atomic mass is 10.5. The molecule has 1 rings (SSSR count). The predicted octanol–water partition coefficient (Wildman–Crippen LogP) is 0.653. The minimum absolute atomic E-state index is 0.440. The minimum Gasteiger partial charge on any atom is -0.414 e. The molecule has 1 fully saturated rings. The van der Waals surface area contributed by atoms with Crippen LogP contribution in [0, 0.1) is 0 Å². The zero-order valence-electron chi connectivity index (χ0n) is 5.31. The second-order valence-electron chi connectivity index (χ2n) is 2.17. The highest BCUT2D eigenvalue weighted by Crippen LogP contribution is 2.08. The highest BCUT2D eigenvalue weighted by atomic mass is 28.3. The van der Waals surface area contributed by atoms with Gasteiger partial charge in [0.15, 0.2) is 0 Å². The molecule has 3 heteroatoms. The Morgan fingerprint density at radius 3 is 2.75 bits per heavy atom. The van der Waals surface area contributed by atoms with Crippen LogP contribution in [0.1, 0.15) is 0 Å². The predicted molar refractivity (Wildman–Crippen MR) is 33.2 cm³/mol. The summed E-state index contributed by atoms with van der Waals surface area (Å²) in [5, 5.41) is 0. The van der Waals surface area contributed by atoms with Crippen molar-refractivity contribution in [2.45, 2.75) is 19.2 Å². The van der Waals surface area contributed by atoms with Gasteiger partial charge in [0.05, 0.1) is 13.2 Å². The van der Waals surface area contributed by atoms with Crippen LogP contribution >= 0.6 is 0 Å². The van der Waals surface area contributed by atoms with Gasteiger partial charge in [-0.15, -0.1) is 0 Å². The van der Waals surface area contributed by atoms with Crippen LogP contribution in [0.2, 0.25) is 13.1 Å². The first-order valence-corrected chi connectivity index (χ1v) is 5.24. The van der Waals surface area contributed by atoms with Crippen molar-refractivity contribution in [1.29, 1.82) is 0 Å². The summed E-state index contributed by atoms with van der Waals surface area (Å²) in [4.78, 5) is 0. The fourth-order valence-corrected chi connectivity index (χ4v) is 0.943. The van der Waals surface area contributed by atoms with Gasteiger partial charge in [-0.1, -0.05) is 0 Å². The molecule has 0 aromatic heterocycles. The summed E-state index contributed by atoms with van der Waals surface area (Å²) in [5.41, 5.74) is 0. The molecule has 1 saturated heterocycles. The number of ether oxygens (including phenoxy) is 1. The van der Waals surface area contributed by atoms with Gasteiger partial charge >= 0.3 is 0 Å². The van der Waals surface area contributed by atoms with Gasteiger partial charge in [0.2, 0.25) is 9.04 Å². The summed E-state index contributed by atoms with van der Waals surface area (Å²) >= 11 is 0. The average molecular weight is 131 g/mol. The normalized spacial score (nSPS) is 26.6. The van der Waals surface area contributed by atoms with Crippen LogP contribution < -0.4 is 0 Å². The van der Waals surface area contributed by atoms with Crippen molar-refractivity contribution in [3.8, 4) is 0 Å². The summed E-state index contributed by atoms with van der Waals surface area (Å²) in [7, 11) is -0.470. The molecular formula is C5H11O2Si. The zero-order chi connectivity index (χ0) is 5.98. The maximum atomic E-state index is 5.34. The maximum absolute atomic E-state index is 5.34. The Balaban J connectivity index is 1.87. The van der Waals surface area contributed by atoms with E-state index in [1.54, 1.807) is 0 Å². The molecule has 1 radical (unpaired) electrons. The Bertz CT molecular complexity index is 68.8. The van der Waals surface area contributed by atoms with Crippen molar-refractivity contribution in [3.63, 3.8) is 0 Å². The lowest BCUT2D eigenvalue weighted by molar-refractivity contribution is 0.267. The van der Waals surface area contributed by atoms with Crippen LogP contribution in [0.15, 0.2) is 0 Å². The molecule has 1 aliphatic rings. The second-order valence-corrected chi connectivity index (χ2v) is 4.28. The monoisotopic (exact) mass is 131 g/mol. The van der Waals surface area contributed by atoms with Gasteiger partial charge in [0, 0.05) is 0 Å². The third-order valence-corrected chi connectivity index (χ3v) is 1.70. The molecule has 8 heavy (non-hydrogen) atoms. The van der Waals surface area contributed by atoms with E-state index in [2.05, 4.69) is 13.1 Å². The summed E-state index contributed by atoms with van der Waals surface area (Å²) in [6.07, 6.45) is 0.440. The molecule has 0 bridgehead atoms. The van der Waals surface area contributed by atoms with Crippen LogP contribution in [-0.2, 0) is 9.16 Å². The molecule has 0 N–H and O–H groups in total. The Morgan fingerprint density at radius 1 is 1.75 bits per heavy atom. The number of hydrogen-bond acceptors (Lipinski definition) is 2. The van der Waals surface area contributed by atoms with E-state index in [0.29, 0.717) is 6.10 Å². The molecule has 0 aliphatic carbocycles. The highest BCUT2D eigenvalue weighted by Gasteiger charge is 2.22. The number of rotatable bonds is 3.